The monoisotopic (exact) mass is 632 g/mol. The van der Waals surface area contributed by atoms with Crippen LogP contribution in [-0.4, -0.2) is 66.4 Å². The molecule has 1 spiro atoms. The molecular formula is C33H34F6N4O2. The van der Waals surface area contributed by atoms with Crippen LogP contribution in [0.2, 0.25) is 0 Å². The van der Waals surface area contributed by atoms with Crippen LogP contribution in [0.3, 0.4) is 0 Å². The van der Waals surface area contributed by atoms with Gasteiger partial charge in [-0.2, -0.15) is 26.3 Å². The maximum absolute atomic E-state index is 13.4. The summed E-state index contributed by atoms with van der Waals surface area (Å²) in [6.45, 7) is 4.57. The third-order valence-corrected chi connectivity index (χ3v) is 9.07. The molecule has 0 radical (unpaired) electrons. The lowest BCUT2D eigenvalue weighted by atomic mass is 9.74. The first-order valence-electron chi connectivity index (χ1n) is 14.7. The number of amides is 2. The lowest BCUT2D eigenvalue weighted by molar-refractivity contribution is -0.143. The Morgan fingerprint density at radius 1 is 0.933 bits per heavy atom. The van der Waals surface area contributed by atoms with Gasteiger partial charge in [0.15, 0.2) is 0 Å². The number of hydrogen-bond donors (Lipinski definition) is 0. The van der Waals surface area contributed by atoms with Crippen LogP contribution in [0.1, 0.15) is 64.7 Å². The van der Waals surface area contributed by atoms with Gasteiger partial charge in [-0.1, -0.05) is 18.2 Å². The number of alkyl halides is 6. The summed E-state index contributed by atoms with van der Waals surface area (Å²) in [5, 5.41) is 0. The van der Waals surface area contributed by atoms with Gasteiger partial charge < -0.3 is 14.7 Å². The molecule has 12 heteroatoms. The number of piperidine rings is 1. The van der Waals surface area contributed by atoms with Crippen molar-refractivity contribution in [2.75, 3.05) is 44.7 Å². The molecule has 0 aliphatic carbocycles. The van der Waals surface area contributed by atoms with E-state index in [1.807, 2.05) is 23.1 Å². The number of carbonyl (C=O) groups excluding carboxylic acids is 2. The molecule has 0 bridgehead atoms. The zero-order valence-electron chi connectivity index (χ0n) is 25.0. The maximum Gasteiger partial charge on any atom is 0.416 e. The largest absolute Gasteiger partial charge is 0.416 e. The van der Waals surface area contributed by atoms with Crippen molar-refractivity contribution in [3.8, 4) is 0 Å². The van der Waals surface area contributed by atoms with Gasteiger partial charge in [-0.3, -0.25) is 14.6 Å². The fourth-order valence-corrected chi connectivity index (χ4v) is 6.59. The van der Waals surface area contributed by atoms with Crippen molar-refractivity contribution in [1.29, 1.82) is 0 Å². The quantitative estimate of drug-likeness (QED) is 0.270. The fourth-order valence-electron chi connectivity index (χ4n) is 6.59. The molecule has 0 saturated carbocycles. The Kier molecular flexibility index (Phi) is 8.99. The van der Waals surface area contributed by atoms with Gasteiger partial charge in [0.05, 0.1) is 11.1 Å². The standard InChI is InChI=1S/C33H34F6N4O2/c1-22(44)43-21-31(28-5-3-4-6-29(28)43)10-15-42(16-11-31)14-9-24(23-7-12-40-13-8-23)20-41(2)30(45)25-17-26(32(34,35)36)19-27(18-25)33(37,38)39/h3-8,12-13,17-19,24H,9-11,14-16,20-21H2,1-2H3/t24-/m1/s1. The van der Waals surface area contributed by atoms with Crippen molar-refractivity contribution >= 4 is 17.5 Å². The maximum atomic E-state index is 13.4. The average Bonchev–Trinajstić information content (AvgIpc) is 3.33. The van der Waals surface area contributed by atoms with Crippen molar-refractivity contribution in [3.63, 3.8) is 0 Å². The number of likely N-dealkylation sites (tertiary alicyclic amines) is 1. The molecular weight excluding hydrogens is 598 g/mol. The lowest BCUT2D eigenvalue weighted by Crippen LogP contribution is -2.46. The van der Waals surface area contributed by atoms with Crippen molar-refractivity contribution in [2.24, 2.45) is 0 Å². The van der Waals surface area contributed by atoms with Gasteiger partial charge >= 0.3 is 12.4 Å². The number of halogens is 6. The Labute approximate surface area is 257 Å². The topological polar surface area (TPSA) is 56.8 Å². The molecule has 45 heavy (non-hydrogen) atoms. The Bertz CT molecular complexity index is 1500. The molecule has 0 N–H and O–H groups in total. The smallest absolute Gasteiger partial charge is 0.341 e. The Morgan fingerprint density at radius 2 is 1.53 bits per heavy atom. The second-order valence-corrected chi connectivity index (χ2v) is 12.0. The van der Waals surface area contributed by atoms with Crippen LogP contribution in [0.15, 0.2) is 67.0 Å². The molecule has 1 atom stereocenters. The number of anilines is 1. The minimum atomic E-state index is -5.05. The molecule has 3 heterocycles. The first kappa shape index (κ1) is 32.5. The minimum Gasteiger partial charge on any atom is -0.341 e. The summed E-state index contributed by atoms with van der Waals surface area (Å²) < 4.78 is 80.5. The van der Waals surface area contributed by atoms with Gasteiger partial charge in [0.2, 0.25) is 5.91 Å². The summed E-state index contributed by atoms with van der Waals surface area (Å²) in [5.74, 6) is -1.16. The zero-order valence-corrected chi connectivity index (χ0v) is 25.0. The predicted octanol–water partition coefficient (Wildman–Crippen LogP) is 6.77. The first-order chi connectivity index (χ1) is 21.2. The van der Waals surface area contributed by atoms with E-state index in [-0.39, 0.29) is 29.9 Å². The number of para-hydroxylation sites is 1. The van der Waals surface area contributed by atoms with Gasteiger partial charge in [-0.15, -0.1) is 0 Å². The van der Waals surface area contributed by atoms with Crippen molar-refractivity contribution in [1.82, 2.24) is 14.8 Å². The average molecular weight is 633 g/mol. The summed E-state index contributed by atoms with van der Waals surface area (Å²) in [6, 6.07) is 12.6. The number of nitrogens with zero attached hydrogens (tertiary/aromatic N) is 4. The molecule has 0 unspecified atom stereocenters. The van der Waals surface area contributed by atoms with E-state index >= 15 is 0 Å². The van der Waals surface area contributed by atoms with Crippen LogP contribution in [0, 0.1) is 0 Å². The van der Waals surface area contributed by atoms with E-state index in [0.717, 1.165) is 37.2 Å². The van der Waals surface area contributed by atoms with E-state index in [4.69, 9.17) is 0 Å². The van der Waals surface area contributed by atoms with E-state index in [1.54, 1.807) is 31.5 Å². The molecule has 2 aromatic carbocycles. The Morgan fingerprint density at radius 3 is 2.11 bits per heavy atom. The first-order valence-corrected chi connectivity index (χ1v) is 14.7. The highest BCUT2D eigenvalue weighted by atomic mass is 19.4. The highest BCUT2D eigenvalue weighted by molar-refractivity contribution is 5.95. The lowest BCUT2D eigenvalue weighted by Gasteiger charge is -2.40. The van der Waals surface area contributed by atoms with Crippen molar-refractivity contribution < 1.29 is 35.9 Å². The second-order valence-electron chi connectivity index (χ2n) is 12.0. The molecule has 1 fully saturated rings. The molecule has 3 aromatic rings. The number of carbonyl (C=O) groups is 2. The van der Waals surface area contributed by atoms with Crippen molar-refractivity contribution in [3.05, 3.63) is 94.8 Å². The van der Waals surface area contributed by atoms with E-state index in [9.17, 15) is 35.9 Å². The Hall–Kier alpha value is -3.93. The van der Waals surface area contributed by atoms with Crippen LogP contribution in [0.25, 0.3) is 0 Å². The van der Waals surface area contributed by atoms with Gasteiger partial charge in [0, 0.05) is 62.0 Å². The zero-order chi connectivity index (χ0) is 32.6. The summed E-state index contributed by atoms with van der Waals surface area (Å²) in [6.07, 6.45) is -4.56. The molecule has 2 aliphatic heterocycles. The fraction of sp³-hybridized carbons (Fsp3) is 0.424. The van der Waals surface area contributed by atoms with Crippen LogP contribution >= 0.6 is 0 Å². The van der Waals surface area contributed by atoms with Gasteiger partial charge in [-0.25, -0.2) is 0 Å². The molecule has 1 aromatic heterocycles. The molecule has 2 aliphatic rings. The summed E-state index contributed by atoms with van der Waals surface area (Å²) >= 11 is 0. The summed E-state index contributed by atoms with van der Waals surface area (Å²) in [7, 11) is 1.38. The van der Waals surface area contributed by atoms with Crippen LogP contribution in [-0.2, 0) is 22.6 Å². The van der Waals surface area contributed by atoms with Crippen molar-refractivity contribution in [2.45, 2.75) is 49.9 Å². The number of rotatable bonds is 7. The van der Waals surface area contributed by atoms with Gasteiger partial charge in [0.1, 0.15) is 0 Å². The van der Waals surface area contributed by atoms with Gasteiger partial charge in [-0.05, 0) is 86.4 Å². The van der Waals surface area contributed by atoms with Crippen LogP contribution in [0.4, 0.5) is 32.0 Å². The van der Waals surface area contributed by atoms with Crippen LogP contribution in [0.5, 0.6) is 0 Å². The number of hydrogen-bond acceptors (Lipinski definition) is 4. The molecule has 240 valence electrons. The summed E-state index contributed by atoms with van der Waals surface area (Å²) in [4.78, 5) is 35.0. The normalized spacial score (nSPS) is 17.3. The third-order valence-electron chi connectivity index (χ3n) is 9.07. The minimum absolute atomic E-state index is 0.0142. The predicted molar refractivity (Wildman–Crippen MR) is 157 cm³/mol. The molecule has 6 nitrogen and oxygen atoms in total. The Balaban J connectivity index is 1.28. The van der Waals surface area contributed by atoms with E-state index in [1.165, 1.54) is 17.5 Å². The number of pyridine rings is 1. The SMILES string of the molecule is CC(=O)N1CC2(CCN(CC[C@H](CN(C)C(=O)c3cc(C(F)(F)F)cc(C(F)(F)F)c3)c3ccncc3)CC2)c2ccccc21. The van der Waals surface area contributed by atoms with Gasteiger partial charge in [0.25, 0.3) is 5.91 Å². The summed E-state index contributed by atoms with van der Waals surface area (Å²) in [5.41, 5.74) is -0.829. The molecule has 5 rings (SSSR count). The number of benzene rings is 2. The number of likely N-dealkylation sites (N-methyl/N-ethyl adjacent to an activating group) is 1. The van der Waals surface area contributed by atoms with Crippen LogP contribution < -0.4 is 4.90 Å². The third kappa shape index (κ3) is 7.00. The van der Waals surface area contributed by atoms with E-state index in [0.29, 0.717) is 31.6 Å². The van der Waals surface area contributed by atoms with E-state index < -0.39 is 35.0 Å². The molecule has 2 amide bonds. The van der Waals surface area contributed by atoms with E-state index in [2.05, 4.69) is 16.0 Å². The number of fused-ring (bicyclic) bond motifs is 2. The molecule has 1 saturated heterocycles. The highest BCUT2D eigenvalue weighted by Gasteiger charge is 2.45. The highest BCUT2D eigenvalue weighted by Crippen LogP contribution is 2.47. The number of aromatic nitrogens is 1. The second kappa shape index (κ2) is 12.5.